The lowest BCUT2D eigenvalue weighted by Gasteiger charge is -2.35. The number of nitrogens with one attached hydrogen (secondary N) is 2. The maximum atomic E-state index is 12.0. The van der Waals surface area contributed by atoms with Crippen LogP contribution in [0.2, 0.25) is 0 Å². The minimum atomic E-state index is -3.12. The monoisotopic (exact) mass is 291 g/mol. The molecule has 114 valence electrons. The summed E-state index contributed by atoms with van der Waals surface area (Å²) >= 11 is 0. The minimum Gasteiger partial charge on any atom is -0.317 e. The van der Waals surface area contributed by atoms with E-state index in [0.717, 1.165) is 38.9 Å². The second-order valence-corrected chi connectivity index (χ2v) is 7.46. The Morgan fingerprint density at radius 2 is 2.05 bits per heavy atom. The van der Waals surface area contributed by atoms with Gasteiger partial charge in [0.2, 0.25) is 10.0 Å². The van der Waals surface area contributed by atoms with Crippen LogP contribution in [0.15, 0.2) is 0 Å². The summed E-state index contributed by atoms with van der Waals surface area (Å²) in [6.07, 6.45) is 3.58. The van der Waals surface area contributed by atoms with E-state index >= 15 is 0 Å². The van der Waals surface area contributed by atoms with Gasteiger partial charge in [0, 0.05) is 12.1 Å². The summed E-state index contributed by atoms with van der Waals surface area (Å²) in [5, 5.41) is 3.23. The van der Waals surface area contributed by atoms with Crippen molar-refractivity contribution in [3.05, 3.63) is 0 Å². The molecule has 1 rings (SSSR count). The van der Waals surface area contributed by atoms with Crippen molar-refractivity contribution in [3.63, 3.8) is 0 Å². The molecule has 0 spiro atoms. The van der Waals surface area contributed by atoms with Gasteiger partial charge in [-0.15, -0.1) is 0 Å². The Hall–Kier alpha value is -0.170. The molecule has 0 aromatic rings. The lowest BCUT2D eigenvalue weighted by molar-refractivity contribution is 0.178. The van der Waals surface area contributed by atoms with E-state index in [9.17, 15) is 8.42 Å². The first-order valence-corrected chi connectivity index (χ1v) is 9.01. The molecular weight excluding hydrogens is 262 g/mol. The van der Waals surface area contributed by atoms with Crippen molar-refractivity contribution in [2.75, 3.05) is 32.4 Å². The summed E-state index contributed by atoms with van der Waals surface area (Å²) in [5.74, 6) is 0.227. The number of sulfonamides is 1. The molecule has 2 unspecified atom stereocenters. The largest absolute Gasteiger partial charge is 0.317 e. The van der Waals surface area contributed by atoms with Crippen LogP contribution in [0, 0.1) is 0 Å². The fourth-order valence-corrected chi connectivity index (χ4v) is 3.76. The smallest absolute Gasteiger partial charge is 0.211 e. The second kappa shape index (κ2) is 8.19. The Morgan fingerprint density at radius 3 is 2.68 bits per heavy atom. The van der Waals surface area contributed by atoms with E-state index < -0.39 is 10.0 Å². The van der Waals surface area contributed by atoms with Crippen LogP contribution < -0.4 is 10.0 Å². The molecule has 19 heavy (non-hydrogen) atoms. The summed E-state index contributed by atoms with van der Waals surface area (Å²) in [6.45, 7) is 6.95. The third-order valence-electron chi connectivity index (χ3n) is 3.75. The fraction of sp³-hybridized carbons (Fsp3) is 1.00. The first kappa shape index (κ1) is 16.9. The summed E-state index contributed by atoms with van der Waals surface area (Å²) in [7, 11) is -1.03. The average Bonchev–Trinajstić information content (AvgIpc) is 2.33. The van der Waals surface area contributed by atoms with Crippen LogP contribution in [0.4, 0.5) is 0 Å². The highest BCUT2D eigenvalue weighted by atomic mass is 32.2. The van der Waals surface area contributed by atoms with Gasteiger partial charge in [0.1, 0.15) is 0 Å². The summed E-state index contributed by atoms with van der Waals surface area (Å²) in [5.41, 5.74) is 0. The highest BCUT2D eigenvalue weighted by molar-refractivity contribution is 7.89. The molecule has 0 aliphatic carbocycles. The highest BCUT2D eigenvalue weighted by Crippen LogP contribution is 2.16. The maximum Gasteiger partial charge on any atom is 0.211 e. The number of rotatable bonds is 8. The first-order chi connectivity index (χ1) is 8.94. The third-order valence-corrected chi connectivity index (χ3v) is 5.27. The van der Waals surface area contributed by atoms with Crippen molar-refractivity contribution in [1.82, 2.24) is 14.9 Å². The number of hydrogen-bond acceptors (Lipinski definition) is 4. The molecule has 1 aliphatic rings. The standard InChI is InChI=1S/C13H29N3O2S/c1-4-7-14-8-5-10-19(17,18)15-13-6-9-16(3)12(2)11-13/h12-15H,4-11H2,1-3H3. The maximum absolute atomic E-state index is 12.0. The van der Waals surface area contributed by atoms with Gasteiger partial charge in [-0.25, -0.2) is 13.1 Å². The molecule has 2 atom stereocenters. The Labute approximate surface area is 118 Å². The second-order valence-electron chi connectivity index (χ2n) is 5.59. The van der Waals surface area contributed by atoms with Crippen LogP contribution in [0.3, 0.4) is 0 Å². The zero-order chi connectivity index (χ0) is 14.3. The number of hydrogen-bond donors (Lipinski definition) is 2. The Bertz CT molecular complexity index is 346. The summed E-state index contributed by atoms with van der Waals surface area (Å²) in [4.78, 5) is 2.28. The molecule has 1 fully saturated rings. The van der Waals surface area contributed by atoms with Gasteiger partial charge < -0.3 is 10.2 Å². The molecule has 0 bridgehead atoms. The molecule has 0 radical (unpaired) electrons. The molecule has 1 aliphatic heterocycles. The van der Waals surface area contributed by atoms with Gasteiger partial charge in [0.15, 0.2) is 0 Å². The minimum absolute atomic E-state index is 0.111. The molecule has 0 saturated carbocycles. The zero-order valence-corrected chi connectivity index (χ0v) is 13.3. The van der Waals surface area contributed by atoms with Crippen molar-refractivity contribution in [1.29, 1.82) is 0 Å². The van der Waals surface area contributed by atoms with Crippen molar-refractivity contribution in [2.24, 2.45) is 0 Å². The molecule has 0 amide bonds. The molecule has 2 N–H and O–H groups in total. The van der Waals surface area contributed by atoms with Gasteiger partial charge >= 0.3 is 0 Å². The summed E-state index contributed by atoms with van der Waals surface area (Å²) < 4.78 is 26.8. The van der Waals surface area contributed by atoms with Gasteiger partial charge in [0.25, 0.3) is 0 Å². The van der Waals surface area contributed by atoms with Gasteiger partial charge in [-0.3, -0.25) is 0 Å². The number of nitrogens with zero attached hydrogens (tertiary/aromatic N) is 1. The quantitative estimate of drug-likeness (QED) is 0.649. The zero-order valence-electron chi connectivity index (χ0n) is 12.5. The third kappa shape index (κ3) is 6.70. The van der Waals surface area contributed by atoms with E-state index in [0.29, 0.717) is 12.5 Å². The van der Waals surface area contributed by atoms with E-state index in [4.69, 9.17) is 0 Å². The molecule has 1 heterocycles. The van der Waals surface area contributed by atoms with E-state index in [1.165, 1.54) is 0 Å². The molecule has 0 aromatic carbocycles. The molecule has 6 heteroatoms. The van der Waals surface area contributed by atoms with Crippen LogP contribution in [0.1, 0.15) is 39.5 Å². The van der Waals surface area contributed by atoms with Crippen LogP contribution in [0.25, 0.3) is 0 Å². The molecule has 0 aromatic heterocycles. The van der Waals surface area contributed by atoms with E-state index in [-0.39, 0.29) is 11.8 Å². The normalized spacial score (nSPS) is 25.6. The SMILES string of the molecule is CCCNCCCS(=O)(=O)NC1CCN(C)C(C)C1. The van der Waals surface area contributed by atoms with Crippen LogP contribution in [-0.4, -0.2) is 57.8 Å². The van der Waals surface area contributed by atoms with Crippen LogP contribution in [0.5, 0.6) is 0 Å². The fourth-order valence-electron chi connectivity index (χ4n) is 2.40. The van der Waals surface area contributed by atoms with Crippen molar-refractivity contribution < 1.29 is 8.42 Å². The number of likely N-dealkylation sites (tertiary alicyclic amines) is 1. The number of piperidine rings is 1. The predicted octanol–water partition coefficient (Wildman–Crippen LogP) is 0.778. The lowest BCUT2D eigenvalue weighted by atomic mass is 10.0. The summed E-state index contributed by atoms with van der Waals surface area (Å²) in [6, 6.07) is 0.562. The van der Waals surface area contributed by atoms with E-state index in [1.54, 1.807) is 0 Å². The van der Waals surface area contributed by atoms with Crippen molar-refractivity contribution in [2.45, 2.75) is 51.6 Å². The molecular formula is C13H29N3O2S. The Balaban J connectivity index is 2.26. The Kier molecular flexibility index (Phi) is 7.28. The molecule has 1 saturated heterocycles. The van der Waals surface area contributed by atoms with Gasteiger partial charge in [-0.05, 0) is 59.3 Å². The van der Waals surface area contributed by atoms with Gasteiger partial charge in [-0.1, -0.05) is 6.92 Å². The van der Waals surface area contributed by atoms with Crippen LogP contribution >= 0.6 is 0 Å². The predicted molar refractivity (Wildman–Crippen MR) is 79.8 cm³/mol. The Morgan fingerprint density at radius 1 is 1.32 bits per heavy atom. The van der Waals surface area contributed by atoms with E-state index in [1.807, 2.05) is 0 Å². The van der Waals surface area contributed by atoms with Gasteiger partial charge in [0.05, 0.1) is 5.75 Å². The van der Waals surface area contributed by atoms with Gasteiger partial charge in [-0.2, -0.15) is 0 Å². The van der Waals surface area contributed by atoms with Crippen LogP contribution in [-0.2, 0) is 10.0 Å². The van der Waals surface area contributed by atoms with Crippen molar-refractivity contribution in [3.8, 4) is 0 Å². The van der Waals surface area contributed by atoms with E-state index in [2.05, 4.69) is 35.8 Å². The lowest BCUT2D eigenvalue weighted by Crippen LogP contribution is -2.47. The first-order valence-electron chi connectivity index (χ1n) is 7.35. The molecule has 5 nitrogen and oxygen atoms in total. The topological polar surface area (TPSA) is 61.4 Å². The van der Waals surface area contributed by atoms with Crippen molar-refractivity contribution >= 4 is 10.0 Å². The average molecular weight is 291 g/mol. The highest BCUT2D eigenvalue weighted by Gasteiger charge is 2.25.